The minimum Gasteiger partial charge on any atom is -0.379 e. The van der Waals surface area contributed by atoms with Crippen LogP contribution in [0.2, 0.25) is 0 Å². The van der Waals surface area contributed by atoms with Crippen molar-refractivity contribution in [3.63, 3.8) is 0 Å². The fourth-order valence-corrected chi connectivity index (χ4v) is 1.03. The summed E-state index contributed by atoms with van der Waals surface area (Å²) in [5, 5.41) is 6.32. The lowest BCUT2D eigenvalue weighted by molar-refractivity contribution is 0.109. The van der Waals surface area contributed by atoms with E-state index < -0.39 is 0 Å². The number of hydrogen-bond donors (Lipinski definition) is 2. The summed E-state index contributed by atoms with van der Waals surface area (Å²) in [7, 11) is 0. The van der Waals surface area contributed by atoms with Crippen molar-refractivity contribution in [2.24, 2.45) is 0 Å². The number of rotatable bonds is 0. The molecule has 0 aliphatic carbocycles. The van der Waals surface area contributed by atoms with Gasteiger partial charge in [0.05, 0.1) is 26.4 Å². The molecule has 4 nitrogen and oxygen atoms in total. The van der Waals surface area contributed by atoms with Crippen LogP contribution in [-0.4, -0.2) is 52.6 Å². The van der Waals surface area contributed by atoms with Crippen molar-refractivity contribution in [3.8, 4) is 0 Å². The molecular formula is C10H24N2O2. The average molecular weight is 204 g/mol. The Hall–Kier alpha value is -0.160. The van der Waals surface area contributed by atoms with Crippen molar-refractivity contribution >= 4 is 0 Å². The van der Waals surface area contributed by atoms with E-state index in [-0.39, 0.29) is 0 Å². The largest absolute Gasteiger partial charge is 0.379 e. The molecule has 2 saturated heterocycles. The molecule has 2 rings (SSSR count). The monoisotopic (exact) mass is 204 g/mol. The predicted octanol–water partition coefficient (Wildman–Crippen LogP) is 0.239. The van der Waals surface area contributed by atoms with Gasteiger partial charge in [-0.25, -0.2) is 0 Å². The van der Waals surface area contributed by atoms with Gasteiger partial charge in [0.1, 0.15) is 0 Å². The van der Waals surface area contributed by atoms with Gasteiger partial charge in [0, 0.05) is 26.2 Å². The summed E-state index contributed by atoms with van der Waals surface area (Å²) in [5.74, 6) is 0. The quantitative estimate of drug-likeness (QED) is 0.593. The van der Waals surface area contributed by atoms with E-state index in [1.165, 1.54) is 0 Å². The SMILES string of the molecule is C1COCCN1.C1COCCN1.CC. The van der Waals surface area contributed by atoms with Gasteiger partial charge in [-0.05, 0) is 0 Å². The Balaban J connectivity index is 0.000000206. The van der Waals surface area contributed by atoms with Crippen molar-refractivity contribution in [1.29, 1.82) is 0 Å². The molecule has 2 aliphatic rings. The van der Waals surface area contributed by atoms with E-state index in [9.17, 15) is 0 Å². The van der Waals surface area contributed by atoms with Crippen LogP contribution < -0.4 is 10.6 Å². The topological polar surface area (TPSA) is 42.5 Å². The second kappa shape index (κ2) is 12.8. The van der Waals surface area contributed by atoms with Crippen LogP contribution in [-0.2, 0) is 9.47 Å². The molecule has 0 aromatic heterocycles. The molecule has 0 aromatic rings. The third-order valence-electron chi connectivity index (χ3n) is 1.69. The van der Waals surface area contributed by atoms with Crippen LogP contribution >= 0.6 is 0 Å². The molecule has 2 heterocycles. The predicted molar refractivity (Wildman–Crippen MR) is 58.7 cm³/mol. The normalized spacial score (nSPS) is 21.0. The van der Waals surface area contributed by atoms with Crippen LogP contribution in [0.3, 0.4) is 0 Å². The zero-order valence-corrected chi connectivity index (χ0v) is 9.47. The Labute approximate surface area is 87.4 Å². The number of ether oxygens (including phenoxy) is 2. The lowest BCUT2D eigenvalue weighted by atomic mass is 10.5. The molecule has 2 fully saturated rings. The van der Waals surface area contributed by atoms with Crippen LogP contribution in [0.4, 0.5) is 0 Å². The fourth-order valence-electron chi connectivity index (χ4n) is 1.03. The first-order chi connectivity index (χ1) is 7.00. The highest BCUT2D eigenvalue weighted by Gasteiger charge is 1.93. The third kappa shape index (κ3) is 9.92. The minimum absolute atomic E-state index is 0.889. The van der Waals surface area contributed by atoms with Crippen LogP contribution in [0.5, 0.6) is 0 Å². The molecular weight excluding hydrogens is 180 g/mol. The average Bonchev–Trinajstić information content (AvgIpc) is 2.37. The maximum atomic E-state index is 5.01. The Kier molecular flexibility index (Phi) is 12.7. The Morgan fingerprint density at radius 2 is 0.929 bits per heavy atom. The second-order valence-corrected chi connectivity index (χ2v) is 2.72. The van der Waals surface area contributed by atoms with Gasteiger partial charge in [0.25, 0.3) is 0 Å². The maximum absolute atomic E-state index is 5.01. The zero-order valence-electron chi connectivity index (χ0n) is 9.47. The summed E-state index contributed by atoms with van der Waals surface area (Å²) in [4.78, 5) is 0. The van der Waals surface area contributed by atoms with E-state index in [0.717, 1.165) is 52.6 Å². The van der Waals surface area contributed by atoms with Crippen LogP contribution in [0.1, 0.15) is 13.8 Å². The third-order valence-corrected chi connectivity index (χ3v) is 1.69. The molecule has 86 valence electrons. The molecule has 14 heavy (non-hydrogen) atoms. The Morgan fingerprint density at radius 3 is 1.00 bits per heavy atom. The first kappa shape index (κ1) is 13.8. The number of hydrogen-bond acceptors (Lipinski definition) is 4. The van der Waals surface area contributed by atoms with E-state index >= 15 is 0 Å². The summed E-state index contributed by atoms with van der Waals surface area (Å²) in [6.45, 7) is 11.7. The lowest BCUT2D eigenvalue weighted by Crippen LogP contribution is -2.30. The molecule has 0 amide bonds. The van der Waals surface area contributed by atoms with Crippen molar-refractivity contribution in [3.05, 3.63) is 0 Å². The molecule has 2 aliphatic heterocycles. The summed E-state index contributed by atoms with van der Waals surface area (Å²) in [6.07, 6.45) is 0. The van der Waals surface area contributed by atoms with E-state index in [0.29, 0.717) is 0 Å². The van der Waals surface area contributed by atoms with Crippen molar-refractivity contribution in [2.75, 3.05) is 52.6 Å². The van der Waals surface area contributed by atoms with Gasteiger partial charge in [0.2, 0.25) is 0 Å². The molecule has 0 atom stereocenters. The highest BCUT2D eigenvalue weighted by atomic mass is 16.5. The molecule has 4 heteroatoms. The second-order valence-electron chi connectivity index (χ2n) is 2.72. The Bertz CT molecular complexity index is 59.1. The van der Waals surface area contributed by atoms with E-state index in [4.69, 9.17) is 9.47 Å². The van der Waals surface area contributed by atoms with E-state index in [1.54, 1.807) is 0 Å². The van der Waals surface area contributed by atoms with Crippen molar-refractivity contribution < 1.29 is 9.47 Å². The van der Waals surface area contributed by atoms with Gasteiger partial charge < -0.3 is 20.1 Å². The summed E-state index contributed by atoms with van der Waals surface area (Å²) in [5.41, 5.74) is 0. The highest BCUT2D eigenvalue weighted by molar-refractivity contribution is 4.50. The summed E-state index contributed by atoms with van der Waals surface area (Å²) >= 11 is 0. The minimum atomic E-state index is 0.889. The van der Waals surface area contributed by atoms with E-state index in [1.807, 2.05) is 13.8 Å². The zero-order chi connectivity index (χ0) is 10.5. The molecule has 2 N–H and O–H groups in total. The van der Waals surface area contributed by atoms with Gasteiger partial charge in [-0.3, -0.25) is 0 Å². The smallest absolute Gasteiger partial charge is 0.0591 e. The van der Waals surface area contributed by atoms with Crippen molar-refractivity contribution in [2.45, 2.75) is 13.8 Å². The van der Waals surface area contributed by atoms with Crippen LogP contribution in [0.15, 0.2) is 0 Å². The first-order valence-electron chi connectivity index (χ1n) is 5.57. The highest BCUT2D eigenvalue weighted by Crippen LogP contribution is 1.77. The van der Waals surface area contributed by atoms with Crippen LogP contribution in [0.25, 0.3) is 0 Å². The van der Waals surface area contributed by atoms with E-state index in [2.05, 4.69) is 10.6 Å². The molecule has 0 spiro atoms. The summed E-state index contributed by atoms with van der Waals surface area (Å²) < 4.78 is 10.0. The molecule has 0 unspecified atom stereocenters. The summed E-state index contributed by atoms with van der Waals surface area (Å²) in [6, 6.07) is 0. The fraction of sp³-hybridized carbons (Fsp3) is 1.00. The standard InChI is InChI=1S/2C4H9NO.C2H6/c2*1-3-6-4-2-5-1;1-2/h2*5H,1-4H2;1-2H3. The van der Waals surface area contributed by atoms with Crippen LogP contribution in [0, 0.1) is 0 Å². The van der Waals surface area contributed by atoms with Gasteiger partial charge in [-0.1, -0.05) is 13.8 Å². The first-order valence-corrected chi connectivity index (χ1v) is 5.57. The Morgan fingerprint density at radius 1 is 0.643 bits per heavy atom. The number of nitrogens with one attached hydrogen (secondary N) is 2. The maximum Gasteiger partial charge on any atom is 0.0591 e. The van der Waals surface area contributed by atoms with Crippen molar-refractivity contribution in [1.82, 2.24) is 10.6 Å². The molecule has 0 saturated carbocycles. The molecule has 0 aromatic carbocycles. The number of morpholine rings is 2. The van der Waals surface area contributed by atoms with Gasteiger partial charge in [-0.2, -0.15) is 0 Å². The van der Waals surface area contributed by atoms with Gasteiger partial charge in [-0.15, -0.1) is 0 Å². The van der Waals surface area contributed by atoms with Gasteiger partial charge >= 0.3 is 0 Å². The lowest BCUT2D eigenvalue weighted by Gasteiger charge is -2.10. The molecule has 0 radical (unpaired) electrons. The van der Waals surface area contributed by atoms with Gasteiger partial charge in [0.15, 0.2) is 0 Å². The molecule has 0 bridgehead atoms.